The maximum absolute atomic E-state index is 13.3. The number of hydrogen-bond donors (Lipinski definition) is 2. The number of amidine groups is 1. The fourth-order valence-corrected chi connectivity index (χ4v) is 4.69. The molecule has 3 aromatic carbocycles. The number of carbonyl (C=O) groups excluding carboxylic acids is 1. The number of amides is 1. The van der Waals surface area contributed by atoms with E-state index < -0.39 is 6.04 Å². The van der Waals surface area contributed by atoms with Gasteiger partial charge in [-0.15, -0.1) is 0 Å². The number of anilines is 2. The Morgan fingerprint density at radius 2 is 1.71 bits per heavy atom. The molecule has 2 N–H and O–H groups in total. The number of nitrogens with zero attached hydrogens (tertiary/aromatic N) is 2. The average molecular weight is 491 g/mol. The molecule has 0 spiro atoms. The number of aliphatic imine (C=N–C) groups is 1. The van der Waals surface area contributed by atoms with E-state index in [1.807, 2.05) is 92.6 Å². The Labute approximate surface area is 209 Å². The minimum Gasteiger partial charge on any atom is -0.378 e. The fraction of sp³-hybridized carbons (Fsp3) is 0.185. The molecule has 0 aromatic heterocycles. The van der Waals surface area contributed by atoms with Crippen molar-refractivity contribution in [3.8, 4) is 0 Å². The number of hydrogen-bond acceptors (Lipinski definition) is 5. The lowest BCUT2D eigenvalue weighted by atomic mass is 9.95. The lowest BCUT2D eigenvalue weighted by Crippen LogP contribution is -2.32. The Morgan fingerprint density at radius 1 is 1.03 bits per heavy atom. The first-order valence-corrected chi connectivity index (χ1v) is 12.3. The molecule has 0 aliphatic carbocycles. The number of allylic oxidation sites excluding steroid dienone is 1. The summed E-state index contributed by atoms with van der Waals surface area (Å²) < 4.78 is 0. The summed E-state index contributed by atoms with van der Waals surface area (Å²) in [7, 11) is 4.01. The van der Waals surface area contributed by atoms with E-state index in [4.69, 9.17) is 16.6 Å². The Hall–Kier alpha value is -3.22. The van der Waals surface area contributed by atoms with Gasteiger partial charge in [0.25, 0.3) is 5.91 Å². The normalized spacial score (nSPS) is 15.4. The van der Waals surface area contributed by atoms with Crippen LogP contribution in [0.15, 0.2) is 95.1 Å². The molecule has 0 saturated heterocycles. The average Bonchev–Trinajstić information content (AvgIpc) is 2.84. The Bertz CT molecular complexity index is 1210. The van der Waals surface area contributed by atoms with Crippen LogP contribution in [0.1, 0.15) is 24.1 Å². The highest BCUT2D eigenvalue weighted by molar-refractivity contribution is 8.13. The van der Waals surface area contributed by atoms with Crippen molar-refractivity contribution in [1.82, 2.24) is 5.32 Å². The van der Waals surface area contributed by atoms with E-state index in [0.717, 1.165) is 44.1 Å². The minimum absolute atomic E-state index is 0.164. The summed E-state index contributed by atoms with van der Waals surface area (Å²) >= 11 is 7.62. The molecule has 0 fully saturated rings. The zero-order valence-corrected chi connectivity index (χ0v) is 21.0. The third-order valence-electron chi connectivity index (χ3n) is 5.51. The molecule has 1 atom stereocenters. The van der Waals surface area contributed by atoms with Gasteiger partial charge in [0.2, 0.25) is 0 Å². The zero-order valence-electron chi connectivity index (χ0n) is 19.4. The highest BCUT2D eigenvalue weighted by atomic mass is 35.5. The molecule has 0 unspecified atom stereocenters. The number of para-hydroxylation sites is 1. The van der Waals surface area contributed by atoms with Gasteiger partial charge in [0.15, 0.2) is 5.17 Å². The second-order valence-corrected chi connectivity index (χ2v) is 9.62. The molecule has 7 heteroatoms. The van der Waals surface area contributed by atoms with Crippen LogP contribution in [0.3, 0.4) is 0 Å². The maximum Gasteiger partial charge on any atom is 0.255 e. The molecule has 1 amide bonds. The van der Waals surface area contributed by atoms with Gasteiger partial charge in [-0.25, -0.2) is 4.99 Å². The van der Waals surface area contributed by atoms with Gasteiger partial charge in [0.1, 0.15) is 6.04 Å². The van der Waals surface area contributed by atoms with Gasteiger partial charge in [-0.2, -0.15) is 0 Å². The zero-order chi connectivity index (χ0) is 24.1. The van der Waals surface area contributed by atoms with Gasteiger partial charge in [-0.1, -0.05) is 65.8 Å². The van der Waals surface area contributed by atoms with Crippen molar-refractivity contribution < 1.29 is 4.79 Å². The standard InChI is InChI=1S/C27H27ClN4OS/c1-18-24(26(33)30-22-7-5-4-6-8-22)25(20-11-15-23(16-12-20)32(2)3)31-27(29-18)34-17-19-9-13-21(28)14-10-19/h4-16,25H,17H2,1-3H3,(H,29,31)(H,30,33)/t25-/m1/s1. The largest absolute Gasteiger partial charge is 0.378 e. The monoisotopic (exact) mass is 490 g/mol. The van der Waals surface area contributed by atoms with Crippen molar-refractivity contribution in [2.75, 3.05) is 24.3 Å². The Balaban J connectivity index is 1.62. The van der Waals surface area contributed by atoms with E-state index in [9.17, 15) is 4.79 Å². The third-order valence-corrected chi connectivity index (χ3v) is 6.72. The van der Waals surface area contributed by atoms with Crippen molar-refractivity contribution in [2.24, 2.45) is 4.99 Å². The SMILES string of the molecule is CC1=C(C(=O)Nc2ccccc2)[C@@H](c2ccc(N(C)C)cc2)N=C(SCc2ccc(Cl)cc2)N1. The van der Waals surface area contributed by atoms with Crippen molar-refractivity contribution in [3.63, 3.8) is 0 Å². The van der Waals surface area contributed by atoms with Crippen LogP contribution in [0.5, 0.6) is 0 Å². The van der Waals surface area contributed by atoms with E-state index in [2.05, 4.69) is 22.8 Å². The van der Waals surface area contributed by atoms with Gasteiger partial charge < -0.3 is 15.5 Å². The van der Waals surface area contributed by atoms with Crippen molar-refractivity contribution in [2.45, 2.75) is 18.7 Å². The smallest absolute Gasteiger partial charge is 0.255 e. The molecular weight excluding hydrogens is 464 g/mol. The predicted octanol–water partition coefficient (Wildman–Crippen LogP) is 6.25. The molecule has 5 nitrogen and oxygen atoms in total. The van der Waals surface area contributed by atoms with E-state index in [1.165, 1.54) is 0 Å². The molecular formula is C27H27ClN4OS. The maximum atomic E-state index is 13.3. The molecule has 3 aromatic rings. The molecule has 1 aliphatic rings. The number of carbonyl (C=O) groups is 1. The number of benzene rings is 3. The second-order valence-electron chi connectivity index (χ2n) is 8.22. The van der Waals surface area contributed by atoms with Crippen LogP contribution in [-0.4, -0.2) is 25.2 Å². The highest BCUT2D eigenvalue weighted by Gasteiger charge is 2.29. The summed E-state index contributed by atoms with van der Waals surface area (Å²) in [5, 5.41) is 7.86. The minimum atomic E-state index is -0.408. The van der Waals surface area contributed by atoms with Crippen LogP contribution in [-0.2, 0) is 10.5 Å². The molecule has 0 saturated carbocycles. The van der Waals surface area contributed by atoms with Crippen LogP contribution < -0.4 is 15.5 Å². The van der Waals surface area contributed by atoms with E-state index in [0.29, 0.717) is 5.57 Å². The fourth-order valence-electron chi connectivity index (χ4n) is 3.66. The van der Waals surface area contributed by atoms with Crippen molar-refractivity contribution >= 4 is 45.8 Å². The van der Waals surface area contributed by atoms with E-state index in [-0.39, 0.29) is 5.91 Å². The van der Waals surface area contributed by atoms with Crippen LogP contribution in [0, 0.1) is 0 Å². The first kappa shape index (κ1) is 23.9. The highest BCUT2D eigenvalue weighted by Crippen LogP contribution is 2.34. The summed E-state index contributed by atoms with van der Waals surface area (Å²) in [6.45, 7) is 1.93. The topological polar surface area (TPSA) is 56.7 Å². The predicted molar refractivity (Wildman–Crippen MR) is 145 cm³/mol. The number of rotatable bonds is 6. The number of thioether (sulfide) groups is 1. The summed E-state index contributed by atoms with van der Waals surface area (Å²) in [6, 6.07) is 25.1. The van der Waals surface area contributed by atoms with Crippen molar-refractivity contribution in [3.05, 3.63) is 106 Å². The first-order valence-electron chi connectivity index (χ1n) is 11.0. The Morgan fingerprint density at radius 3 is 2.35 bits per heavy atom. The molecule has 1 heterocycles. The van der Waals surface area contributed by atoms with Crippen LogP contribution in [0.25, 0.3) is 0 Å². The van der Waals surface area contributed by atoms with Gasteiger partial charge in [0.05, 0.1) is 5.57 Å². The lowest BCUT2D eigenvalue weighted by molar-refractivity contribution is -0.113. The quantitative estimate of drug-likeness (QED) is 0.428. The molecule has 34 heavy (non-hydrogen) atoms. The summed E-state index contributed by atoms with van der Waals surface area (Å²) in [4.78, 5) is 20.4. The second kappa shape index (κ2) is 10.8. The van der Waals surface area contributed by atoms with Crippen LogP contribution in [0.4, 0.5) is 11.4 Å². The number of halogens is 1. The first-order chi connectivity index (χ1) is 16.4. The van der Waals surface area contributed by atoms with Crippen LogP contribution in [0.2, 0.25) is 5.02 Å². The third kappa shape index (κ3) is 5.82. The van der Waals surface area contributed by atoms with Gasteiger partial charge >= 0.3 is 0 Å². The van der Waals surface area contributed by atoms with E-state index >= 15 is 0 Å². The van der Waals surface area contributed by atoms with E-state index in [1.54, 1.807) is 11.8 Å². The number of nitrogens with one attached hydrogen (secondary N) is 2. The van der Waals surface area contributed by atoms with Gasteiger partial charge in [0, 0.05) is 41.9 Å². The van der Waals surface area contributed by atoms with Gasteiger partial charge in [-0.3, -0.25) is 4.79 Å². The molecule has 174 valence electrons. The summed E-state index contributed by atoms with van der Waals surface area (Å²) in [5.74, 6) is 0.581. The van der Waals surface area contributed by atoms with Crippen LogP contribution >= 0.6 is 23.4 Å². The molecule has 0 bridgehead atoms. The summed E-state index contributed by atoms with van der Waals surface area (Å²) in [6.07, 6.45) is 0. The molecule has 1 aliphatic heterocycles. The lowest BCUT2D eigenvalue weighted by Gasteiger charge is -2.27. The molecule has 0 radical (unpaired) electrons. The summed E-state index contributed by atoms with van der Waals surface area (Å²) in [5.41, 5.74) is 5.37. The Kier molecular flexibility index (Phi) is 7.60. The van der Waals surface area contributed by atoms with Gasteiger partial charge in [-0.05, 0) is 54.4 Å². The molecule has 4 rings (SSSR count). The van der Waals surface area contributed by atoms with Crippen molar-refractivity contribution in [1.29, 1.82) is 0 Å².